The molecule has 1 nitrogen and oxygen atoms in total. The molecule has 0 spiro atoms. The van der Waals surface area contributed by atoms with Gasteiger partial charge in [-0.05, 0) is 48.8 Å². The van der Waals surface area contributed by atoms with Crippen LogP contribution < -0.4 is 4.90 Å². The van der Waals surface area contributed by atoms with Gasteiger partial charge in [0.25, 0.3) is 0 Å². The van der Waals surface area contributed by atoms with E-state index in [-0.39, 0.29) is 0 Å². The highest BCUT2D eigenvalue weighted by Crippen LogP contribution is 2.24. The van der Waals surface area contributed by atoms with Crippen LogP contribution in [-0.2, 0) is 5.33 Å². The van der Waals surface area contributed by atoms with Crippen LogP contribution in [0.2, 0.25) is 0 Å². The molecule has 2 heteroatoms. The van der Waals surface area contributed by atoms with Crippen molar-refractivity contribution in [2.24, 2.45) is 11.8 Å². The fraction of sp³-hybridized carbons (Fsp3) is 0.667. The molecular formula is C18H30BrN. The summed E-state index contributed by atoms with van der Waals surface area (Å²) in [5.41, 5.74) is 4.17. The van der Waals surface area contributed by atoms with Crippen molar-refractivity contribution in [3.8, 4) is 0 Å². The molecule has 0 bridgehead atoms. The Morgan fingerprint density at radius 3 is 1.95 bits per heavy atom. The third kappa shape index (κ3) is 5.87. The van der Waals surface area contributed by atoms with E-state index in [4.69, 9.17) is 0 Å². The van der Waals surface area contributed by atoms with Crippen molar-refractivity contribution in [2.75, 3.05) is 18.0 Å². The van der Waals surface area contributed by atoms with Crippen molar-refractivity contribution < 1.29 is 0 Å². The van der Waals surface area contributed by atoms with E-state index in [0.29, 0.717) is 0 Å². The Labute approximate surface area is 133 Å². The van der Waals surface area contributed by atoms with Gasteiger partial charge < -0.3 is 4.90 Å². The number of benzene rings is 1. The second-order valence-electron chi connectivity index (χ2n) is 6.61. The number of alkyl halides is 1. The number of hydrogen-bond donors (Lipinski definition) is 0. The molecule has 1 aromatic rings. The van der Waals surface area contributed by atoms with Crippen molar-refractivity contribution in [1.82, 2.24) is 0 Å². The van der Waals surface area contributed by atoms with Crippen LogP contribution in [0.5, 0.6) is 0 Å². The minimum absolute atomic E-state index is 0.763. The van der Waals surface area contributed by atoms with E-state index < -0.39 is 0 Å². The maximum Gasteiger partial charge on any atom is 0.0396 e. The molecule has 0 aromatic heterocycles. The first kappa shape index (κ1) is 17.6. The zero-order valence-electron chi connectivity index (χ0n) is 13.7. The van der Waals surface area contributed by atoms with Gasteiger partial charge in [-0.1, -0.05) is 55.8 Å². The van der Waals surface area contributed by atoms with E-state index in [1.165, 1.54) is 42.7 Å². The minimum Gasteiger partial charge on any atom is -0.371 e. The highest BCUT2D eigenvalue weighted by atomic mass is 79.9. The molecule has 0 radical (unpaired) electrons. The molecule has 0 saturated carbocycles. The van der Waals surface area contributed by atoms with Crippen LogP contribution in [0.4, 0.5) is 5.69 Å². The summed E-state index contributed by atoms with van der Waals surface area (Å²) in [6.45, 7) is 13.8. The SMILES string of the molecule is Cc1cc(CBr)ccc1N(CCC(C)C)CCC(C)C. The van der Waals surface area contributed by atoms with E-state index in [1.54, 1.807) is 0 Å². The molecule has 0 unspecified atom stereocenters. The highest BCUT2D eigenvalue weighted by Gasteiger charge is 2.11. The van der Waals surface area contributed by atoms with Gasteiger partial charge in [0.15, 0.2) is 0 Å². The van der Waals surface area contributed by atoms with Crippen molar-refractivity contribution in [3.63, 3.8) is 0 Å². The Morgan fingerprint density at radius 1 is 1.00 bits per heavy atom. The fourth-order valence-electron chi connectivity index (χ4n) is 2.34. The highest BCUT2D eigenvalue weighted by molar-refractivity contribution is 9.08. The zero-order valence-corrected chi connectivity index (χ0v) is 15.3. The number of hydrogen-bond acceptors (Lipinski definition) is 1. The number of halogens is 1. The maximum absolute atomic E-state index is 3.54. The second-order valence-corrected chi connectivity index (χ2v) is 7.17. The topological polar surface area (TPSA) is 3.24 Å². The Hall–Kier alpha value is -0.500. The van der Waals surface area contributed by atoms with Crippen LogP contribution in [0, 0.1) is 18.8 Å². The van der Waals surface area contributed by atoms with Gasteiger partial charge >= 0.3 is 0 Å². The summed E-state index contributed by atoms with van der Waals surface area (Å²) >= 11 is 3.54. The van der Waals surface area contributed by atoms with Crippen LogP contribution in [0.1, 0.15) is 51.7 Å². The van der Waals surface area contributed by atoms with Crippen molar-refractivity contribution in [2.45, 2.75) is 52.8 Å². The van der Waals surface area contributed by atoms with E-state index in [2.05, 4.69) is 73.6 Å². The Balaban J connectivity index is 2.84. The van der Waals surface area contributed by atoms with Gasteiger partial charge in [0.1, 0.15) is 0 Å². The molecule has 0 heterocycles. The zero-order chi connectivity index (χ0) is 15.1. The van der Waals surface area contributed by atoms with Gasteiger partial charge in [-0.2, -0.15) is 0 Å². The molecule has 0 aliphatic heterocycles. The average molecular weight is 340 g/mol. The molecule has 114 valence electrons. The molecule has 0 aliphatic carbocycles. The average Bonchev–Trinajstić information content (AvgIpc) is 2.39. The van der Waals surface area contributed by atoms with E-state index in [0.717, 1.165) is 17.2 Å². The van der Waals surface area contributed by atoms with Gasteiger partial charge in [0, 0.05) is 24.1 Å². The predicted octanol–water partition coefficient (Wildman–Crippen LogP) is 5.79. The van der Waals surface area contributed by atoms with E-state index in [9.17, 15) is 0 Å². The third-order valence-electron chi connectivity index (χ3n) is 3.71. The second kappa shape index (κ2) is 8.71. The molecule has 20 heavy (non-hydrogen) atoms. The van der Waals surface area contributed by atoms with E-state index >= 15 is 0 Å². The lowest BCUT2D eigenvalue weighted by Crippen LogP contribution is -2.28. The lowest BCUT2D eigenvalue weighted by atomic mass is 10.1. The minimum atomic E-state index is 0.763. The predicted molar refractivity (Wildman–Crippen MR) is 94.9 cm³/mol. The van der Waals surface area contributed by atoms with Crippen LogP contribution >= 0.6 is 15.9 Å². The van der Waals surface area contributed by atoms with Gasteiger partial charge in [-0.3, -0.25) is 0 Å². The molecule has 1 rings (SSSR count). The molecule has 1 aromatic carbocycles. The Kier molecular flexibility index (Phi) is 7.65. The summed E-state index contributed by atoms with van der Waals surface area (Å²) in [4.78, 5) is 2.58. The van der Waals surface area contributed by atoms with Crippen molar-refractivity contribution >= 4 is 21.6 Å². The number of rotatable bonds is 8. The molecule has 0 amide bonds. The lowest BCUT2D eigenvalue weighted by Gasteiger charge is -2.28. The normalized spacial score (nSPS) is 11.4. The van der Waals surface area contributed by atoms with Crippen LogP contribution in [0.15, 0.2) is 18.2 Å². The van der Waals surface area contributed by atoms with Crippen molar-refractivity contribution in [1.29, 1.82) is 0 Å². The van der Waals surface area contributed by atoms with E-state index in [1.807, 2.05) is 0 Å². The summed E-state index contributed by atoms with van der Waals surface area (Å²) in [6.07, 6.45) is 2.52. The Morgan fingerprint density at radius 2 is 1.55 bits per heavy atom. The molecule has 0 saturated heterocycles. The smallest absolute Gasteiger partial charge is 0.0396 e. The quantitative estimate of drug-likeness (QED) is 0.542. The largest absolute Gasteiger partial charge is 0.371 e. The Bertz CT molecular complexity index is 386. The lowest BCUT2D eigenvalue weighted by molar-refractivity contribution is 0.535. The summed E-state index contributed by atoms with van der Waals surface area (Å²) in [5, 5.41) is 0.937. The number of anilines is 1. The summed E-state index contributed by atoms with van der Waals surface area (Å²) in [7, 11) is 0. The number of nitrogens with zero attached hydrogens (tertiary/aromatic N) is 1. The van der Waals surface area contributed by atoms with Crippen LogP contribution in [0.25, 0.3) is 0 Å². The van der Waals surface area contributed by atoms with Gasteiger partial charge in [0.05, 0.1) is 0 Å². The molecule has 0 fully saturated rings. The molecule has 0 N–H and O–H groups in total. The monoisotopic (exact) mass is 339 g/mol. The summed E-state index contributed by atoms with van der Waals surface area (Å²) in [6, 6.07) is 6.85. The van der Waals surface area contributed by atoms with Gasteiger partial charge in [0.2, 0.25) is 0 Å². The molecular weight excluding hydrogens is 310 g/mol. The van der Waals surface area contributed by atoms with Crippen molar-refractivity contribution in [3.05, 3.63) is 29.3 Å². The van der Waals surface area contributed by atoms with Crippen LogP contribution in [-0.4, -0.2) is 13.1 Å². The summed E-state index contributed by atoms with van der Waals surface area (Å²) in [5.74, 6) is 1.53. The van der Waals surface area contributed by atoms with Crippen LogP contribution in [0.3, 0.4) is 0 Å². The third-order valence-corrected chi connectivity index (χ3v) is 4.36. The first-order valence-corrected chi connectivity index (χ1v) is 8.96. The molecule has 0 atom stereocenters. The molecule has 0 aliphatic rings. The van der Waals surface area contributed by atoms with Gasteiger partial charge in [-0.25, -0.2) is 0 Å². The maximum atomic E-state index is 3.54. The first-order valence-electron chi connectivity index (χ1n) is 7.84. The van der Waals surface area contributed by atoms with Gasteiger partial charge in [-0.15, -0.1) is 0 Å². The fourth-order valence-corrected chi connectivity index (χ4v) is 2.69. The standard InChI is InChI=1S/C18H30BrN/c1-14(2)8-10-20(11-9-15(3)4)18-7-6-17(13-19)12-16(18)5/h6-7,12,14-15H,8-11,13H2,1-5H3. The number of aryl methyl sites for hydroxylation is 1. The summed E-state index contributed by atoms with van der Waals surface area (Å²) < 4.78 is 0. The first-order chi connectivity index (χ1) is 9.43.